The summed E-state index contributed by atoms with van der Waals surface area (Å²) in [6.45, 7) is 1.38. The summed E-state index contributed by atoms with van der Waals surface area (Å²) in [4.78, 5) is 18.8. The van der Waals surface area contributed by atoms with Crippen LogP contribution in [-0.4, -0.2) is 39.1 Å². The molecular weight excluding hydrogens is 307 g/mol. The molecule has 1 N–H and O–H groups in total. The van der Waals surface area contributed by atoms with E-state index in [-0.39, 0.29) is 18.1 Å². The number of amides is 1. The maximum Gasteiger partial charge on any atom is 0.227 e. The number of nitrogens with one attached hydrogen (secondary N) is 1. The van der Waals surface area contributed by atoms with Crippen molar-refractivity contribution in [3.63, 3.8) is 0 Å². The van der Waals surface area contributed by atoms with Gasteiger partial charge in [0.15, 0.2) is 5.82 Å². The average Bonchev–Trinajstić information content (AvgIpc) is 3.34. The van der Waals surface area contributed by atoms with E-state index in [4.69, 9.17) is 0 Å². The van der Waals surface area contributed by atoms with Gasteiger partial charge < -0.3 is 4.90 Å². The summed E-state index contributed by atoms with van der Waals surface area (Å²) < 4.78 is 13.7. The number of aromatic amines is 1. The highest BCUT2D eigenvalue weighted by Crippen LogP contribution is 2.38. The number of nitrogens with zero attached hydrogens (tertiary/aromatic N) is 3. The molecule has 0 bridgehead atoms. The lowest BCUT2D eigenvalue weighted by molar-refractivity contribution is -0.131. The Morgan fingerprint density at radius 1 is 1.17 bits per heavy atom. The van der Waals surface area contributed by atoms with Gasteiger partial charge in [-0.1, -0.05) is 18.2 Å². The molecule has 126 valence electrons. The van der Waals surface area contributed by atoms with E-state index in [1.54, 1.807) is 18.2 Å². The van der Waals surface area contributed by atoms with Gasteiger partial charge in [0.05, 0.1) is 6.42 Å². The van der Waals surface area contributed by atoms with Gasteiger partial charge in [0.1, 0.15) is 11.6 Å². The minimum Gasteiger partial charge on any atom is -0.342 e. The highest BCUT2D eigenvalue weighted by molar-refractivity contribution is 5.78. The Bertz CT molecular complexity index is 732. The van der Waals surface area contributed by atoms with Crippen LogP contribution in [0, 0.1) is 5.82 Å². The second-order valence-corrected chi connectivity index (χ2v) is 6.78. The fourth-order valence-electron chi connectivity index (χ4n) is 3.31. The Hall–Kier alpha value is -2.24. The van der Waals surface area contributed by atoms with E-state index in [1.165, 1.54) is 18.9 Å². The van der Waals surface area contributed by atoms with Crippen LogP contribution in [0.15, 0.2) is 24.3 Å². The molecule has 1 aliphatic carbocycles. The highest BCUT2D eigenvalue weighted by Gasteiger charge is 2.30. The molecule has 1 aromatic heterocycles. The van der Waals surface area contributed by atoms with E-state index in [0.29, 0.717) is 30.5 Å². The van der Waals surface area contributed by atoms with Gasteiger partial charge >= 0.3 is 0 Å². The molecule has 0 atom stereocenters. The first kappa shape index (κ1) is 15.3. The summed E-state index contributed by atoms with van der Waals surface area (Å²) >= 11 is 0. The number of rotatable bonds is 4. The van der Waals surface area contributed by atoms with Crippen molar-refractivity contribution < 1.29 is 9.18 Å². The fraction of sp³-hybridized carbons (Fsp3) is 0.500. The van der Waals surface area contributed by atoms with Crippen molar-refractivity contribution in [3.05, 3.63) is 47.3 Å². The molecule has 1 amide bonds. The number of H-pyrrole nitrogens is 1. The van der Waals surface area contributed by atoms with E-state index in [1.807, 2.05) is 4.90 Å². The molecule has 0 radical (unpaired) electrons. The average molecular weight is 328 g/mol. The lowest BCUT2D eigenvalue weighted by Gasteiger charge is -2.31. The van der Waals surface area contributed by atoms with Crippen LogP contribution in [0.3, 0.4) is 0 Å². The minimum absolute atomic E-state index is 0.00482. The van der Waals surface area contributed by atoms with E-state index < -0.39 is 0 Å². The van der Waals surface area contributed by atoms with Crippen LogP contribution in [-0.2, 0) is 11.2 Å². The molecule has 6 heteroatoms. The van der Waals surface area contributed by atoms with Crippen molar-refractivity contribution in [2.24, 2.45) is 0 Å². The van der Waals surface area contributed by atoms with Gasteiger partial charge in [0, 0.05) is 24.9 Å². The third-order valence-electron chi connectivity index (χ3n) is 5.00. The predicted octanol–water partition coefficient (Wildman–Crippen LogP) is 2.77. The molecule has 2 fully saturated rings. The lowest BCUT2D eigenvalue weighted by Crippen LogP contribution is -2.39. The molecular formula is C18H21FN4O. The van der Waals surface area contributed by atoms with Crippen molar-refractivity contribution in [1.29, 1.82) is 0 Å². The first-order chi connectivity index (χ1) is 11.7. The largest absolute Gasteiger partial charge is 0.342 e. The summed E-state index contributed by atoms with van der Waals surface area (Å²) in [6.07, 6.45) is 4.27. The van der Waals surface area contributed by atoms with Crippen molar-refractivity contribution in [1.82, 2.24) is 20.1 Å². The molecule has 1 aromatic carbocycles. The molecule has 24 heavy (non-hydrogen) atoms. The second-order valence-electron chi connectivity index (χ2n) is 6.78. The zero-order chi connectivity index (χ0) is 16.5. The maximum absolute atomic E-state index is 13.7. The maximum atomic E-state index is 13.7. The summed E-state index contributed by atoms with van der Waals surface area (Å²) in [6, 6.07) is 6.48. The molecule has 1 aliphatic heterocycles. The van der Waals surface area contributed by atoms with Crippen LogP contribution >= 0.6 is 0 Å². The third-order valence-corrected chi connectivity index (χ3v) is 5.00. The topological polar surface area (TPSA) is 61.9 Å². The Balaban J connectivity index is 1.33. The number of carbonyl (C=O) groups is 1. The Labute approximate surface area is 140 Å². The van der Waals surface area contributed by atoms with Crippen molar-refractivity contribution in [2.45, 2.75) is 43.9 Å². The van der Waals surface area contributed by atoms with Crippen LogP contribution in [0.5, 0.6) is 0 Å². The van der Waals surface area contributed by atoms with E-state index >= 15 is 0 Å². The predicted molar refractivity (Wildman–Crippen MR) is 87.0 cm³/mol. The monoisotopic (exact) mass is 328 g/mol. The van der Waals surface area contributed by atoms with Gasteiger partial charge in [-0.2, -0.15) is 5.10 Å². The number of carbonyl (C=O) groups excluding carboxylic acids is 1. The molecule has 4 rings (SSSR count). The zero-order valence-electron chi connectivity index (χ0n) is 13.5. The van der Waals surface area contributed by atoms with Crippen molar-refractivity contribution in [3.8, 4) is 0 Å². The number of piperidine rings is 1. The standard InChI is InChI=1S/C18H21FN4O/c19-15-4-2-1-3-14(15)11-16(24)23-9-7-13(8-10-23)18-20-17(21-22-18)12-5-6-12/h1-4,12-13H,5-11H2,(H,20,21,22). The van der Waals surface area contributed by atoms with E-state index in [2.05, 4.69) is 15.2 Å². The van der Waals surface area contributed by atoms with Gasteiger partial charge in [0.2, 0.25) is 5.91 Å². The third kappa shape index (κ3) is 3.18. The molecule has 0 spiro atoms. The minimum atomic E-state index is -0.310. The molecule has 1 saturated heterocycles. The highest BCUT2D eigenvalue weighted by atomic mass is 19.1. The number of hydrogen-bond donors (Lipinski definition) is 1. The number of halogens is 1. The fourth-order valence-corrected chi connectivity index (χ4v) is 3.31. The van der Waals surface area contributed by atoms with Crippen LogP contribution in [0.25, 0.3) is 0 Å². The molecule has 2 aromatic rings. The smallest absolute Gasteiger partial charge is 0.227 e. The Morgan fingerprint density at radius 2 is 1.92 bits per heavy atom. The van der Waals surface area contributed by atoms with E-state index in [9.17, 15) is 9.18 Å². The molecule has 1 saturated carbocycles. The van der Waals surface area contributed by atoms with Gasteiger partial charge in [-0.05, 0) is 37.3 Å². The van der Waals surface area contributed by atoms with Gasteiger partial charge in [-0.3, -0.25) is 9.89 Å². The van der Waals surface area contributed by atoms with Crippen LogP contribution in [0.4, 0.5) is 4.39 Å². The first-order valence-electron chi connectivity index (χ1n) is 8.64. The molecule has 5 nitrogen and oxygen atoms in total. The van der Waals surface area contributed by atoms with Crippen LogP contribution in [0.2, 0.25) is 0 Å². The molecule has 2 heterocycles. The van der Waals surface area contributed by atoms with Crippen molar-refractivity contribution in [2.75, 3.05) is 13.1 Å². The second kappa shape index (κ2) is 6.34. The SMILES string of the molecule is O=C(Cc1ccccc1F)N1CCC(c2nc(C3CC3)n[nH]2)CC1. The normalized spacial score (nSPS) is 18.8. The zero-order valence-corrected chi connectivity index (χ0v) is 13.5. The molecule has 0 unspecified atom stereocenters. The Morgan fingerprint density at radius 3 is 2.62 bits per heavy atom. The molecule has 2 aliphatic rings. The van der Waals surface area contributed by atoms with Gasteiger partial charge in [-0.15, -0.1) is 0 Å². The van der Waals surface area contributed by atoms with Crippen molar-refractivity contribution >= 4 is 5.91 Å². The first-order valence-corrected chi connectivity index (χ1v) is 8.64. The number of likely N-dealkylation sites (tertiary alicyclic amines) is 1. The number of hydrogen-bond acceptors (Lipinski definition) is 3. The summed E-state index contributed by atoms with van der Waals surface area (Å²) in [5.74, 6) is 2.48. The van der Waals surface area contributed by atoms with Crippen LogP contribution < -0.4 is 0 Å². The quantitative estimate of drug-likeness (QED) is 0.939. The number of aromatic nitrogens is 3. The summed E-state index contributed by atoms with van der Waals surface area (Å²) in [5, 5.41) is 7.39. The lowest BCUT2D eigenvalue weighted by atomic mass is 9.95. The van der Waals surface area contributed by atoms with E-state index in [0.717, 1.165) is 24.5 Å². The van der Waals surface area contributed by atoms with Crippen LogP contribution in [0.1, 0.15) is 54.7 Å². The number of benzene rings is 1. The summed E-state index contributed by atoms with van der Waals surface area (Å²) in [7, 11) is 0. The van der Waals surface area contributed by atoms with Gasteiger partial charge in [-0.25, -0.2) is 9.37 Å². The van der Waals surface area contributed by atoms with Gasteiger partial charge in [0.25, 0.3) is 0 Å². The Kier molecular flexibility index (Phi) is 4.04. The summed E-state index contributed by atoms with van der Waals surface area (Å²) in [5.41, 5.74) is 0.467.